The van der Waals surface area contributed by atoms with Crippen molar-refractivity contribution in [3.8, 4) is 0 Å². The summed E-state index contributed by atoms with van der Waals surface area (Å²) in [5.74, 6) is 0.662. The number of likely N-dealkylation sites (N-methyl/N-ethyl adjacent to an activating group) is 1. The van der Waals surface area contributed by atoms with Crippen molar-refractivity contribution in [1.82, 2.24) is 5.32 Å². The highest BCUT2D eigenvalue weighted by Crippen LogP contribution is 2.19. The highest BCUT2D eigenvalue weighted by Gasteiger charge is 2.07. The van der Waals surface area contributed by atoms with Crippen molar-refractivity contribution in [3.63, 3.8) is 0 Å². The Bertz CT molecular complexity index is 268. The van der Waals surface area contributed by atoms with Crippen LogP contribution in [0.4, 0.5) is 0 Å². The Kier molecular flexibility index (Phi) is 4.68. The molecule has 0 aliphatic rings. The molecule has 78 valence electrons. The zero-order valence-corrected chi connectivity index (χ0v) is 9.51. The summed E-state index contributed by atoms with van der Waals surface area (Å²) in [5, 5.41) is 3.42. The van der Waals surface area contributed by atoms with Gasteiger partial charge in [-0.25, -0.2) is 0 Å². The fourth-order valence-electron chi connectivity index (χ4n) is 1.74. The Labute approximate surface area is 87.5 Å². The van der Waals surface area contributed by atoms with Crippen LogP contribution in [0.2, 0.25) is 0 Å². The van der Waals surface area contributed by atoms with Gasteiger partial charge in [-0.3, -0.25) is 0 Å². The second-order valence-electron chi connectivity index (χ2n) is 3.83. The van der Waals surface area contributed by atoms with Gasteiger partial charge in [0.25, 0.3) is 0 Å². The summed E-state index contributed by atoms with van der Waals surface area (Å²) >= 11 is 0. The third-order valence-electron chi connectivity index (χ3n) is 2.65. The van der Waals surface area contributed by atoms with Crippen LogP contribution >= 0.6 is 0 Å². The van der Waals surface area contributed by atoms with Gasteiger partial charge in [-0.1, -0.05) is 43.7 Å². The van der Waals surface area contributed by atoms with Crippen molar-refractivity contribution in [1.29, 1.82) is 0 Å². The topological polar surface area (TPSA) is 12.0 Å². The van der Waals surface area contributed by atoms with E-state index in [4.69, 9.17) is 0 Å². The predicted octanol–water partition coefficient (Wildman–Crippen LogP) is 3.10. The lowest BCUT2D eigenvalue weighted by atomic mass is 9.95. The van der Waals surface area contributed by atoms with E-state index in [0.29, 0.717) is 5.92 Å². The zero-order chi connectivity index (χ0) is 10.4. The molecule has 0 aromatic heterocycles. The van der Waals surface area contributed by atoms with Crippen LogP contribution in [0.15, 0.2) is 24.3 Å². The van der Waals surface area contributed by atoms with E-state index in [2.05, 4.69) is 50.4 Å². The van der Waals surface area contributed by atoms with E-state index in [1.165, 1.54) is 17.5 Å². The molecule has 0 aliphatic heterocycles. The molecule has 0 fully saturated rings. The van der Waals surface area contributed by atoms with Crippen LogP contribution in [0.1, 0.15) is 37.3 Å². The Morgan fingerprint density at radius 2 is 2.07 bits per heavy atom. The molecular formula is C13H21N. The van der Waals surface area contributed by atoms with Gasteiger partial charge in [0.2, 0.25) is 0 Å². The molecule has 0 spiro atoms. The van der Waals surface area contributed by atoms with Crippen molar-refractivity contribution in [2.75, 3.05) is 13.1 Å². The molecule has 1 N–H and O–H groups in total. The van der Waals surface area contributed by atoms with Gasteiger partial charge in [-0.2, -0.15) is 0 Å². The lowest BCUT2D eigenvalue weighted by Crippen LogP contribution is -2.20. The van der Waals surface area contributed by atoms with Gasteiger partial charge in [0.15, 0.2) is 0 Å². The molecule has 1 rings (SSSR count). The fourth-order valence-corrected chi connectivity index (χ4v) is 1.74. The van der Waals surface area contributed by atoms with Gasteiger partial charge >= 0.3 is 0 Å². The summed E-state index contributed by atoms with van der Waals surface area (Å²) in [6.45, 7) is 8.72. The summed E-state index contributed by atoms with van der Waals surface area (Å²) in [4.78, 5) is 0. The average molecular weight is 191 g/mol. The second kappa shape index (κ2) is 5.82. The van der Waals surface area contributed by atoms with Crippen molar-refractivity contribution in [2.24, 2.45) is 0 Å². The van der Waals surface area contributed by atoms with E-state index >= 15 is 0 Å². The van der Waals surface area contributed by atoms with Crippen LogP contribution < -0.4 is 5.32 Å². The van der Waals surface area contributed by atoms with Crippen molar-refractivity contribution in [2.45, 2.75) is 33.1 Å². The van der Waals surface area contributed by atoms with Crippen molar-refractivity contribution >= 4 is 0 Å². The van der Waals surface area contributed by atoms with Gasteiger partial charge in [-0.05, 0) is 31.4 Å². The molecule has 0 saturated heterocycles. The summed E-state index contributed by atoms with van der Waals surface area (Å²) in [5.41, 5.74) is 2.82. The van der Waals surface area contributed by atoms with Gasteiger partial charge in [0.1, 0.15) is 0 Å². The molecule has 0 radical (unpaired) electrons. The molecule has 1 nitrogen and oxygen atoms in total. The van der Waals surface area contributed by atoms with Gasteiger partial charge in [0.05, 0.1) is 0 Å². The number of aryl methyl sites for hydroxylation is 1. The van der Waals surface area contributed by atoms with Crippen LogP contribution in [0.5, 0.6) is 0 Å². The maximum Gasteiger partial charge on any atom is 0.00199 e. The highest BCUT2D eigenvalue weighted by molar-refractivity contribution is 5.25. The predicted molar refractivity (Wildman–Crippen MR) is 62.8 cm³/mol. The second-order valence-corrected chi connectivity index (χ2v) is 3.83. The first-order valence-corrected chi connectivity index (χ1v) is 5.55. The Hall–Kier alpha value is -0.820. The minimum atomic E-state index is 0.662. The summed E-state index contributed by atoms with van der Waals surface area (Å²) in [6.07, 6.45) is 1.20. The normalized spacial score (nSPS) is 12.8. The highest BCUT2D eigenvalue weighted by atomic mass is 14.8. The maximum absolute atomic E-state index is 3.42. The van der Waals surface area contributed by atoms with Gasteiger partial charge < -0.3 is 5.32 Å². The van der Waals surface area contributed by atoms with E-state index in [9.17, 15) is 0 Å². The number of hydrogen-bond donors (Lipinski definition) is 1. The first kappa shape index (κ1) is 11.3. The van der Waals surface area contributed by atoms with Crippen LogP contribution in [0.3, 0.4) is 0 Å². The van der Waals surface area contributed by atoms with Crippen molar-refractivity contribution in [3.05, 3.63) is 35.4 Å². The zero-order valence-electron chi connectivity index (χ0n) is 9.51. The third-order valence-corrected chi connectivity index (χ3v) is 2.65. The molecule has 1 unspecified atom stereocenters. The van der Waals surface area contributed by atoms with Gasteiger partial charge in [-0.15, -0.1) is 0 Å². The molecule has 1 atom stereocenters. The van der Waals surface area contributed by atoms with Crippen LogP contribution in [-0.2, 0) is 0 Å². The SMILES string of the molecule is CCNCC(CC)c1cccc(C)c1. The molecule has 1 aromatic carbocycles. The van der Waals surface area contributed by atoms with Crippen LogP contribution in [-0.4, -0.2) is 13.1 Å². The first-order chi connectivity index (χ1) is 6.77. The molecule has 0 bridgehead atoms. The lowest BCUT2D eigenvalue weighted by Gasteiger charge is -2.16. The average Bonchev–Trinajstić information content (AvgIpc) is 2.19. The fraction of sp³-hybridized carbons (Fsp3) is 0.538. The first-order valence-electron chi connectivity index (χ1n) is 5.55. The van der Waals surface area contributed by atoms with E-state index < -0.39 is 0 Å². The molecule has 0 saturated carbocycles. The van der Waals surface area contributed by atoms with Crippen molar-refractivity contribution < 1.29 is 0 Å². The van der Waals surface area contributed by atoms with Crippen LogP contribution in [0, 0.1) is 6.92 Å². The molecule has 14 heavy (non-hydrogen) atoms. The van der Waals surface area contributed by atoms with E-state index in [-0.39, 0.29) is 0 Å². The maximum atomic E-state index is 3.42. The van der Waals surface area contributed by atoms with Crippen LogP contribution in [0.25, 0.3) is 0 Å². The monoisotopic (exact) mass is 191 g/mol. The Morgan fingerprint density at radius 3 is 2.64 bits per heavy atom. The Balaban J connectivity index is 2.68. The number of rotatable bonds is 5. The number of hydrogen-bond acceptors (Lipinski definition) is 1. The quantitative estimate of drug-likeness (QED) is 0.754. The Morgan fingerprint density at radius 1 is 1.29 bits per heavy atom. The number of benzene rings is 1. The standard InChI is InChI=1S/C13H21N/c1-4-12(10-14-5-2)13-8-6-7-11(3)9-13/h6-9,12,14H,4-5,10H2,1-3H3. The molecule has 1 heteroatoms. The summed E-state index contributed by atoms with van der Waals surface area (Å²) in [6, 6.07) is 8.84. The smallest absolute Gasteiger partial charge is 0.00199 e. The lowest BCUT2D eigenvalue weighted by molar-refractivity contribution is 0.583. The van der Waals surface area contributed by atoms with E-state index in [1.54, 1.807) is 0 Å². The minimum absolute atomic E-state index is 0.662. The summed E-state index contributed by atoms with van der Waals surface area (Å²) < 4.78 is 0. The van der Waals surface area contributed by atoms with Gasteiger partial charge in [0, 0.05) is 6.54 Å². The molecule has 0 amide bonds. The molecule has 0 heterocycles. The van der Waals surface area contributed by atoms with E-state index in [0.717, 1.165) is 13.1 Å². The minimum Gasteiger partial charge on any atom is -0.316 e. The third kappa shape index (κ3) is 3.15. The summed E-state index contributed by atoms with van der Waals surface area (Å²) in [7, 11) is 0. The molecule has 0 aliphatic carbocycles. The molecule has 1 aromatic rings. The number of nitrogens with one attached hydrogen (secondary N) is 1. The van der Waals surface area contributed by atoms with E-state index in [1.807, 2.05) is 0 Å². The largest absolute Gasteiger partial charge is 0.316 e. The molecular weight excluding hydrogens is 170 g/mol.